The average molecular weight is 389 g/mol. The number of carbonyl (C=O) groups excluding carboxylic acids is 2. The topological polar surface area (TPSA) is 67.9 Å². The average Bonchev–Trinajstić information content (AvgIpc) is 2.70. The van der Waals surface area contributed by atoms with Crippen LogP contribution in [0.3, 0.4) is 0 Å². The number of ether oxygens (including phenoxy) is 2. The summed E-state index contributed by atoms with van der Waals surface area (Å²) in [6.45, 7) is 3.86. The molecule has 2 aromatic rings. The van der Waals surface area contributed by atoms with Crippen LogP contribution in [-0.2, 0) is 9.53 Å². The van der Waals surface area contributed by atoms with Crippen LogP contribution in [0.15, 0.2) is 48.5 Å². The molecule has 1 fully saturated rings. The monoisotopic (exact) mass is 388 g/mol. The van der Waals surface area contributed by atoms with E-state index in [-0.39, 0.29) is 11.8 Å². The second kappa shape index (κ2) is 8.88. The minimum absolute atomic E-state index is 0.0743. The standard InChI is InChI=1S/C20H21ClN2O4/c1-14(27-18-8-3-2-7-17(18)21)19(24)22-16-6-4-5-15(13-16)20(25)23-9-11-26-12-10-23/h2-8,13-14H,9-12H2,1H3,(H,22,24). The van der Waals surface area contributed by atoms with Gasteiger partial charge in [0.15, 0.2) is 6.10 Å². The summed E-state index contributed by atoms with van der Waals surface area (Å²) < 4.78 is 10.9. The lowest BCUT2D eigenvalue weighted by molar-refractivity contribution is -0.122. The van der Waals surface area contributed by atoms with Gasteiger partial charge in [-0.1, -0.05) is 29.8 Å². The van der Waals surface area contributed by atoms with Gasteiger partial charge in [0, 0.05) is 24.3 Å². The van der Waals surface area contributed by atoms with Crippen molar-refractivity contribution in [2.24, 2.45) is 0 Å². The van der Waals surface area contributed by atoms with Gasteiger partial charge in [0.25, 0.3) is 11.8 Å². The maximum atomic E-state index is 12.6. The van der Waals surface area contributed by atoms with Gasteiger partial charge in [0.1, 0.15) is 5.75 Å². The zero-order chi connectivity index (χ0) is 19.2. The number of carbonyl (C=O) groups is 2. The second-order valence-electron chi connectivity index (χ2n) is 6.17. The molecule has 142 valence electrons. The Balaban J connectivity index is 1.64. The van der Waals surface area contributed by atoms with E-state index in [9.17, 15) is 9.59 Å². The van der Waals surface area contributed by atoms with Crippen LogP contribution < -0.4 is 10.1 Å². The summed E-state index contributed by atoms with van der Waals surface area (Å²) in [5.41, 5.74) is 1.06. The number of para-hydroxylation sites is 1. The number of anilines is 1. The van der Waals surface area contributed by atoms with Crippen molar-refractivity contribution in [1.82, 2.24) is 4.90 Å². The number of hydrogen-bond acceptors (Lipinski definition) is 4. The summed E-state index contributed by atoms with van der Waals surface area (Å²) in [4.78, 5) is 26.7. The van der Waals surface area contributed by atoms with E-state index in [1.807, 2.05) is 0 Å². The lowest BCUT2D eigenvalue weighted by atomic mass is 10.1. The molecule has 0 spiro atoms. The molecule has 1 saturated heterocycles. The lowest BCUT2D eigenvalue weighted by Crippen LogP contribution is -2.40. The van der Waals surface area contributed by atoms with Gasteiger partial charge >= 0.3 is 0 Å². The highest BCUT2D eigenvalue weighted by Crippen LogP contribution is 2.24. The van der Waals surface area contributed by atoms with E-state index in [1.54, 1.807) is 60.4 Å². The molecule has 0 aromatic heterocycles. The summed E-state index contributed by atoms with van der Waals surface area (Å²) >= 11 is 6.05. The second-order valence-corrected chi connectivity index (χ2v) is 6.57. The minimum atomic E-state index is -0.747. The number of benzene rings is 2. The number of rotatable bonds is 5. The van der Waals surface area contributed by atoms with Gasteiger partial charge in [-0.05, 0) is 37.3 Å². The molecule has 1 unspecified atom stereocenters. The Kier molecular flexibility index (Phi) is 6.32. The Bertz CT molecular complexity index is 821. The molecule has 1 aliphatic heterocycles. The van der Waals surface area contributed by atoms with Crippen molar-refractivity contribution < 1.29 is 19.1 Å². The Labute approximate surface area is 163 Å². The van der Waals surface area contributed by atoms with Gasteiger partial charge in [-0.15, -0.1) is 0 Å². The van der Waals surface area contributed by atoms with E-state index in [0.717, 1.165) is 0 Å². The highest BCUT2D eigenvalue weighted by molar-refractivity contribution is 6.32. The lowest BCUT2D eigenvalue weighted by Gasteiger charge is -2.27. The molecular weight excluding hydrogens is 368 g/mol. The van der Waals surface area contributed by atoms with Crippen molar-refractivity contribution in [2.45, 2.75) is 13.0 Å². The molecule has 0 radical (unpaired) electrons. The van der Waals surface area contributed by atoms with E-state index >= 15 is 0 Å². The van der Waals surface area contributed by atoms with Gasteiger partial charge in [-0.25, -0.2) is 0 Å². The van der Waals surface area contributed by atoms with Gasteiger partial charge in [0.2, 0.25) is 0 Å². The van der Waals surface area contributed by atoms with Crippen molar-refractivity contribution in [3.05, 3.63) is 59.1 Å². The molecule has 0 bridgehead atoms. The van der Waals surface area contributed by atoms with Gasteiger partial charge < -0.3 is 19.7 Å². The van der Waals surface area contributed by atoms with E-state index in [0.29, 0.717) is 48.3 Å². The van der Waals surface area contributed by atoms with Gasteiger partial charge in [-0.2, -0.15) is 0 Å². The van der Waals surface area contributed by atoms with Crippen LogP contribution in [0, 0.1) is 0 Å². The molecule has 7 heteroatoms. The maximum absolute atomic E-state index is 12.6. The summed E-state index contributed by atoms with van der Waals surface area (Å²) in [7, 11) is 0. The molecule has 1 atom stereocenters. The van der Waals surface area contributed by atoms with Crippen LogP contribution in [0.2, 0.25) is 5.02 Å². The molecule has 3 rings (SSSR count). The Morgan fingerprint density at radius 2 is 1.89 bits per heavy atom. The first-order chi connectivity index (χ1) is 13.0. The fourth-order valence-electron chi connectivity index (χ4n) is 2.71. The van der Waals surface area contributed by atoms with Crippen LogP contribution in [0.25, 0.3) is 0 Å². The fraction of sp³-hybridized carbons (Fsp3) is 0.300. The first kappa shape index (κ1) is 19.2. The molecule has 0 aliphatic carbocycles. The summed E-state index contributed by atoms with van der Waals surface area (Å²) in [6.07, 6.45) is -0.747. The summed E-state index contributed by atoms with van der Waals surface area (Å²) in [5, 5.41) is 3.22. The van der Waals surface area contributed by atoms with Gasteiger partial charge in [-0.3, -0.25) is 9.59 Å². The number of nitrogens with zero attached hydrogens (tertiary/aromatic N) is 1. The molecule has 6 nitrogen and oxygen atoms in total. The van der Waals surface area contributed by atoms with Crippen molar-refractivity contribution in [3.8, 4) is 5.75 Å². The SMILES string of the molecule is CC(Oc1ccccc1Cl)C(=O)Nc1cccc(C(=O)N2CCOCC2)c1. The highest BCUT2D eigenvalue weighted by atomic mass is 35.5. The van der Waals surface area contributed by atoms with Crippen molar-refractivity contribution >= 4 is 29.1 Å². The molecular formula is C20H21ClN2O4. The quantitative estimate of drug-likeness (QED) is 0.854. The van der Waals surface area contributed by atoms with E-state index in [2.05, 4.69) is 5.32 Å². The van der Waals surface area contributed by atoms with Crippen LogP contribution in [0.1, 0.15) is 17.3 Å². The van der Waals surface area contributed by atoms with Crippen LogP contribution in [0.4, 0.5) is 5.69 Å². The summed E-state index contributed by atoms with van der Waals surface area (Å²) in [5.74, 6) is 0.0405. The number of halogens is 1. The zero-order valence-corrected chi connectivity index (χ0v) is 15.7. The largest absolute Gasteiger partial charge is 0.479 e. The zero-order valence-electron chi connectivity index (χ0n) is 15.0. The van der Waals surface area contributed by atoms with E-state index in [4.69, 9.17) is 21.1 Å². The first-order valence-electron chi connectivity index (χ1n) is 8.74. The molecule has 27 heavy (non-hydrogen) atoms. The maximum Gasteiger partial charge on any atom is 0.265 e. The van der Waals surface area contributed by atoms with Crippen LogP contribution in [-0.4, -0.2) is 49.1 Å². The third kappa shape index (κ3) is 4.99. The van der Waals surface area contributed by atoms with Crippen molar-refractivity contribution in [1.29, 1.82) is 0 Å². The molecule has 0 saturated carbocycles. The van der Waals surface area contributed by atoms with Crippen molar-refractivity contribution in [2.75, 3.05) is 31.6 Å². The number of amides is 2. The number of morpholine rings is 1. The molecule has 1 heterocycles. The van der Waals surface area contributed by atoms with Crippen molar-refractivity contribution in [3.63, 3.8) is 0 Å². The first-order valence-corrected chi connectivity index (χ1v) is 9.11. The number of hydrogen-bond donors (Lipinski definition) is 1. The third-order valence-corrected chi connectivity index (χ3v) is 4.50. The Morgan fingerprint density at radius 1 is 1.15 bits per heavy atom. The Morgan fingerprint density at radius 3 is 2.63 bits per heavy atom. The molecule has 2 amide bonds. The molecule has 1 N–H and O–H groups in total. The van der Waals surface area contributed by atoms with E-state index < -0.39 is 6.10 Å². The third-order valence-electron chi connectivity index (χ3n) is 4.18. The van der Waals surface area contributed by atoms with Gasteiger partial charge in [0.05, 0.1) is 18.2 Å². The van der Waals surface area contributed by atoms with Crippen LogP contribution in [0.5, 0.6) is 5.75 Å². The molecule has 1 aliphatic rings. The fourth-order valence-corrected chi connectivity index (χ4v) is 2.89. The van der Waals surface area contributed by atoms with Crippen LogP contribution >= 0.6 is 11.6 Å². The smallest absolute Gasteiger partial charge is 0.265 e. The normalized spacial score (nSPS) is 15.1. The minimum Gasteiger partial charge on any atom is -0.479 e. The van der Waals surface area contributed by atoms with E-state index in [1.165, 1.54) is 0 Å². The predicted molar refractivity (Wildman–Crippen MR) is 103 cm³/mol. The summed E-state index contributed by atoms with van der Waals surface area (Å²) in [6, 6.07) is 13.8. The predicted octanol–water partition coefficient (Wildman–Crippen LogP) is 3.22. The highest BCUT2D eigenvalue weighted by Gasteiger charge is 2.20. The number of nitrogens with one attached hydrogen (secondary N) is 1. The molecule has 2 aromatic carbocycles. The Hall–Kier alpha value is -2.57.